The lowest BCUT2D eigenvalue weighted by molar-refractivity contribution is 0.601. The summed E-state index contributed by atoms with van der Waals surface area (Å²) >= 11 is 1.77. The van der Waals surface area contributed by atoms with E-state index in [4.69, 9.17) is 0 Å². The summed E-state index contributed by atoms with van der Waals surface area (Å²) in [6.07, 6.45) is 3.32. The summed E-state index contributed by atoms with van der Waals surface area (Å²) in [7, 11) is 0. The minimum atomic E-state index is 0.830. The first-order chi connectivity index (χ1) is 9.86. The molecule has 1 aromatic carbocycles. The van der Waals surface area contributed by atoms with Crippen LogP contribution in [-0.4, -0.2) is 9.55 Å². The summed E-state index contributed by atoms with van der Waals surface area (Å²) in [6.45, 7) is 5.02. The zero-order valence-electron chi connectivity index (χ0n) is 11.7. The van der Waals surface area contributed by atoms with Crippen LogP contribution >= 0.6 is 11.3 Å². The Balaban J connectivity index is 1.60. The number of hydrogen-bond acceptors (Lipinski definition) is 3. The summed E-state index contributed by atoms with van der Waals surface area (Å²) in [5, 5.41) is 4.64. The predicted molar refractivity (Wildman–Crippen MR) is 84.9 cm³/mol. The van der Waals surface area contributed by atoms with Crippen molar-refractivity contribution in [2.24, 2.45) is 0 Å². The molecule has 0 fully saturated rings. The van der Waals surface area contributed by atoms with Crippen molar-refractivity contribution < 1.29 is 0 Å². The molecular formula is C16H19N3S. The van der Waals surface area contributed by atoms with Gasteiger partial charge in [0.15, 0.2) is 0 Å². The van der Waals surface area contributed by atoms with Crippen molar-refractivity contribution in [1.82, 2.24) is 14.9 Å². The minimum absolute atomic E-state index is 0.830. The van der Waals surface area contributed by atoms with Crippen molar-refractivity contribution in [3.05, 3.63) is 53.3 Å². The second-order valence-electron chi connectivity index (χ2n) is 4.87. The van der Waals surface area contributed by atoms with Crippen molar-refractivity contribution in [2.75, 3.05) is 0 Å². The molecule has 2 aromatic heterocycles. The van der Waals surface area contributed by atoms with Crippen molar-refractivity contribution in [3.8, 4) is 0 Å². The van der Waals surface area contributed by atoms with E-state index < -0.39 is 0 Å². The number of aromatic nitrogens is 2. The topological polar surface area (TPSA) is 29.9 Å². The molecule has 0 amide bonds. The van der Waals surface area contributed by atoms with Crippen LogP contribution < -0.4 is 5.32 Å². The highest BCUT2D eigenvalue weighted by Gasteiger charge is 2.04. The SMILES string of the molecule is CCCn1cccc1CNCc1nc2ccccc2s1. The average molecular weight is 285 g/mol. The lowest BCUT2D eigenvalue weighted by Gasteiger charge is -2.08. The van der Waals surface area contributed by atoms with Crippen molar-refractivity contribution >= 4 is 21.6 Å². The van der Waals surface area contributed by atoms with Crippen LogP contribution in [0.4, 0.5) is 0 Å². The standard InChI is InChI=1S/C16H19N3S/c1-2-9-19-10-5-6-13(19)11-17-12-16-18-14-7-3-4-8-15(14)20-16/h3-8,10,17H,2,9,11-12H2,1H3. The van der Waals surface area contributed by atoms with Gasteiger partial charge in [-0.05, 0) is 30.7 Å². The number of aryl methyl sites for hydroxylation is 1. The van der Waals surface area contributed by atoms with Gasteiger partial charge in [-0.2, -0.15) is 0 Å². The molecule has 0 radical (unpaired) electrons. The molecule has 0 unspecified atom stereocenters. The molecule has 2 heterocycles. The third-order valence-electron chi connectivity index (χ3n) is 3.31. The van der Waals surface area contributed by atoms with Gasteiger partial charge in [0.05, 0.1) is 10.2 Å². The summed E-state index contributed by atoms with van der Waals surface area (Å²) in [5.41, 5.74) is 2.44. The number of nitrogens with zero attached hydrogens (tertiary/aromatic N) is 2. The Bertz CT molecular complexity index is 651. The number of fused-ring (bicyclic) bond motifs is 1. The van der Waals surface area contributed by atoms with Gasteiger partial charge in [-0.15, -0.1) is 11.3 Å². The number of benzene rings is 1. The van der Waals surface area contributed by atoms with Gasteiger partial charge in [0, 0.05) is 31.5 Å². The van der Waals surface area contributed by atoms with Gasteiger partial charge in [-0.3, -0.25) is 0 Å². The maximum Gasteiger partial charge on any atom is 0.108 e. The van der Waals surface area contributed by atoms with Gasteiger partial charge in [0.1, 0.15) is 5.01 Å². The molecule has 3 nitrogen and oxygen atoms in total. The van der Waals surface area contributed by atoms with E-state index in [1.54, 1.807) is 11.3 Å². The van der Waals surface area contributed by atoms with Crippen molar-refractivity contribution in [2.45, 2.75) is 33.0 Å². The minimum Gasteiger partial charge on any atom is -0.350 e. The molecule has 0 saturated heterocycles. The summed E-state index contributed by atoms with van der Waals surface area (Å²) in [6, 6.07) is 12.6. The van der Waals surface area contributed by atoms with Crippen molar-refractivity contribution in [3.63, 3.8) is 0 Å². The fourth-order valence-corrected chi connectivity index (χ4v) is 3.30. The van der Waals surface area contributed by atoms with Crippen LogP contribution in [0.15, 0.2) is 42.6 Å². The summed E-state index contributed by atoms with van der Waals surface area (Å²) in [4.78, 5) is 4.64. The second-order valence-corrected chi connectivity index (χ2v) is 5.99. The van der Waals surface area contributed by atoms with Crippen LogP contribution in [0.5, 0.6) is 0 Å². The molecule has 0 atom stereocenters. The fourth-order valence-electron chi connectivity index (χ4n) is 2.36. The lowest BCUT2D eigenvalue weighted by atomic mass is 10.3. The number of hydrogen-bond donors (Lipinski definition) is 1. The Labute approximate surface area is 123 Å². The third-order valence-corrected chi connectivity index (χ3v) is 4.34. The van der Waals surface area contributed by atoms with E-state index in [-0.39, 0.29) is 0 Å². The Morgan fingerprint density at radius 2 is 2.05 bits per heavy atom. The maximum atomic E-state index is 4.64. The Morgan fingerprint density at radius 3 is 2.90 bits per heavy atom. The first-order valence-electron chi connectivity index (χ1n) is 7.06. The largest absolute Gasteiger partial charge is 0.350 e. The maximum absolute atomic E-state index is 4.64. The van der Waals surface area contributed by atoms with Crippen molar-refractivity contribution in [1.29, 1.82) is 0 Å². The molecule has 0 bridgehead atoms. The Morgan fingerprint density at radius 1 is 1.15 bits per heavy atom. The first-order valence-corrected chi connectivity index (χ1v) is 7.87. The number of thiazole rings is 1. The van der Waals surface area contributed by atoms with Gasteiger partial charge in [-0.25, -0.2) is 4.98 Å². The van der Waals surface area contributed by atoms with E-state index in [0.29, 0.717) is 0 Å². The van der Waals surface area contributed by atoms with E-state index >= 15 is 0 Å². The molecule has 3 aromatic rings. The molecular weight excluding hydrogens is 266 g/mol. The zero-order chi connectivity index (χ0) is 13.8. The van der Waals surface area contributed by atoms with E-state index in [2.05, 4.69) is 58.3 Å². The predicted octanol–water partition coefficient (Wildman–Crippen LogP) is 3.80. The molecule has 0 saturated carbocycles. The first kappa shape index (κ1) is 13.3. The van der Waals surface area contributed by atoms with Gasteiger partial charge in [0.25, 0.3) is 0 Å². The average Bonchev–Trinajstić information content (AvgIpc) is 3.06. The quantitative estimate of drug-likeness (QED) is 0.746. The van der Waals surface area contributed by atoms with Crippen LogP contribution in [-0.2, 0) is 19.6 Å². The molecule has 4 heteroatoms. The van der Waals surface area contributed by atoms with Crippen LogP contribution in [0.2, 0.25) is 0 Å². The Kier molecular flexibility index (Phi) is 4.14. The lowest BCUT2D eigenvalue weighted by Crippen LogP contribution is -2.15. The monoisotopic (exact) mass is 285 g/mol. The van der Waals surface area contributed by atoms with E-state index in [9.17, 15) is 0 Å². The van der Waals surface area contributed by atoms with E-state index in [1.807, 2.05) is 6.07 Å². The molecule has 0 aliphatic carbocycles. The number of para-hydroxylation sites is 1. The van der Waals surface area contributed by atoms with Crippen LogP contribution in [0.1, 0.15) is 24.0 Å². The smallest absolute Gasteiger partial charge is 0.108 e. The van der Waals surface area contributed by atoms with Gasteiger partial charge < -0.3 is 9.88 Å². The molecule has 0 aliphatic rings. The highest BCUT2D eigenvalue weighted by molar-refractivity contribution is 7.18. The van der Waals surface area contributed by atoms with Crippen LogP contribution in [0, 0.1) is 0 Å². The molecule has 0 aliphatic heterocycles. The van der Waals surface area contributed by atoms with E-state index in [1.165, 1.54) is 16.8 Å². The zero-order valence-corrected chi connectivity index (χ0v) is 12.5. The molecule has 0 spiro atoms. The second kappa shape index (κ2) is 6.20. The Hall–Kier alpha value is -1.65. The summed E-state index contributed by atoms with van der Waals surface area (Å²) < 4.78 is 3.57. The third kappa shape index (κ3) is 2.92. The highest BCUT2D eigenvalue weighted by Crippen LogP contribution is 2.21. The normalized spacial score (nSPS) is 11.2. The molecule has 1 N–H and O–H groups in total. The van der Waals surface area contributed by atoms with Gasteiger partial charge in [0.2, 0.25) is 0 Å². The molecule has 3 rings (SSSR count). The van der Waals surface area contributed by atoms with Crippen LogP contribution in [0.25, 0.3) is 10.2 Å². The van der Waals surface area contributed by atoms with E-state index in [0.717, 1.165) is 30.2 Å². The molecule has 20 heavy (non-hydrogen) atoms. The number of rotatable bonds is 6. The highest BCUT2D eigenvalue weighted by atomic mass is 32.1. The van der Waals surface area contributed by atoms with Crippen LogP contribution in [0.3, 0.4) is 0 Å². The summed E-state index contributed by atoms with van der Waals surface area (Å²) in [5.74, 6) is 0. The van der Waals surface area contributed by atoms with Gasteiger partial charge in [-0.1, -0.05) is 19.1 Å². The fraction of sp³-hybridized carbons (Fsp3) is 0.312. The number of nitrogens with one attached hydrogen (secondary N) is 1. The molecule has 104 valence electrons. The van der Waals surface area contributed by atoms with Gasteiger partial charge >= 0.3 is 0 Å².